The predicted octanol–water partition coefficient (Wildman–Crippen LogP) is 5.28. The molecule has 0 fully saturated rings. The lowest BCUT2D eigenvalue weighted by molar-refractivity contribution is -0.115. The Labute approximate surface area is 159 Å². The monoisotopic (exact) mass is 379 g/mol. The molecule has 0 unspecified atom stereocenters. The van der Waals surface area contributed by atoms with Crippen molar-refractivity contribution in [1.82, 2.24) is 0 Å². The van der Waals surface area contributed by atoms with Crippen molar-refractivity contribution in [3.63, 3.8) is 0 Å². The minimum atomic E-state index is -0.0636. The van der Waals surface area contributed by atoms with E-state index >= 15 is 0 Å². The molecule has 0 aromatic heterocycles. The number of amides is 1. The van der Waals surface area contributed by atoms with Crippen molar-refractivity contribution >= 4 is 46.2 Å². The predicted molar refractivity (Wildman–Crippen MR) is 108 cm³/mol. The second-order valence-electron chi connectivity index (χ2n) is 5.54. The van der Waals surface area contributed by atoms with Crippen LogP contribution in [0, 0.1) is 0 Å². The van der Waals surface area contributed by atoms with Gasteiger partial charge in [0.05, 0.1) is 15.7 Å². The molecule has 134 valence electrons. The van der Waals surface area contributed by atoms with Gasteiger partial charge < -0.3 is 15.5 Å². The summed E-state index contributed by atoms with van der Waals surface area (Å²) in [7, 11) is 0. The van der Waals surface area contributed by atoms with Gasteiger partial charge in [-0.15, -0.1) is 0 Å². The summed E-state index contributed by atoms with van der Waals surface area (Å²) in [4.78, 5) is 14.3. The maximum Gasteiger partial charge on any atom is 0.226 e. The number of carbonyl (C=O) groups is 1. The van der Waals surface area contributed by atoms with Gasteiger partial charge in [0.1, 0.15) is 0 Å². The summed E-state index contributed by atoms with van der Waals surface area (Å²) < 4.78 is 0. The summed E-state index contributed by atoms with van der Waals surface area (Å²) >= 11 is 12.2. The second kappa shape index (κ2) is 9.54. The molecule has 0 saturated carbocycles. The molecule has 0 aliphatic carbocycles. The molecule has 0 spiro atoms. The number of anilines is 3. The highest BCUT2D eigenvalue weighted by Crippen LogP contribution is 2.29. The van der Waals surface area contributed by atoms with Crippen LogP contribution in [0.1, 0.15) is 20.3 Å². The first-order valence-electron chi connectivity index (χ1n) is 8.37. The fraction of sp³-hybridized carbons (Fsp3) is 0.316. The van der Waals surface area contributed by atoms with E-state index in [1.165, 1.54) is 0 Å². The van der Waals surface area contributed by atoms with Gasteiger partial charge in [-0.05, 0) is 50.2 Å². The van der Waals surface area contributed by atoms with Crippen LogP contribution in [0.3, 0.4) is 0 Å². The van der Waals surface area contributed by atoms with Crippen molar-refractivity contribution in [1.29, 1.82) is 0 Å². The highest BCUT2D eigenvalue weighted by Gasteiger charge is 2.07. The lowest BCUT2D eigenvalue weighted by atomic mass is 10.2. The quantitative estimate of drug-likeness (QED) is 0.655. The third kappa shape index (κ3) is 5.55. The third-order valence-corrected chi connectivity index (χ3v) is 4.53. The zero-order valence-electron chi connectivity index (χ0n) is 14.5. The number of para-hydroxylation sites is 1. The summed E-state index contributed by atoms with van der Waals surface area (Å²) in [5.74, 6) is -0.0636. The molecule has 4 nitrogen and oxygen atoms in total. The van der Waals surface area contributed by atoms with Gasteiger partial charge in [-0.25, -0.2) is 0 Å². The van der Waals surface area contributed by atoms with Crippen LogP contribution in [-0.2, 0) is 4.79 Å². The molecule has 2 rings (SSSR count). The summed E-state index contributed by atoms with van der Waals surface area (Å²) in [6.45, 7) is 6.61. The average molecular weight is 380 g/mol. The van der Waals surface area contributed by atoms with Crippen molar-refractivity contribution in [2.75, 3.05) is 35.2 Å². The Bertz CT molecular complexity index is 680. The average Bonchev–Trinajstić information content (AvgIpc) is 2.60. The molecule has 0 bridgehead atoms. The van der Waals surface area contributed by atoms with Crippen LogP contribution in [-0.4, -0.2) is 25.5 Å². The number of nitrogens with zero attached hydrogens (tertiary/aromatic N) is 1. The van der Waals surface area contributed by atoms with E-state index in [0.717, 1.165) is 24.5 Å². The zero-order chi connectivity index (χ0) is 18.2. The molecule has 0 saturated heterocycles. The molecule has 2 N–H and O–H groups in total. The Balaban J connectivity index is 1.84. The van der Waals surface area contributed by atoms with E-state index in [1.807, 2.05) is 24.3 Å². The fourth-order valence-electron chi connectivity index (χ4n) is 2.54. The van der Waals surface area contributed by atoms with Crippen LogP contribution < -0.4 is 15.5 Å². The number of nitrogens with one attached hydrogen (secondary N) is 2. The Kier molecular flexibility index (Phi) is 7.41. The van der Waals surface area contributed by atoms with Crippen LogP contribution in [0.15, 0.2) is 42.5 Å². The molecule has 0 aliphatic rings. The highest BCUT2D eigenvalue weighted by atomic mass is 35.5. The van der Waals surface area contributed by atoms with Crippen molar-refractivity contribution in [3.05, 3.63) is 52.5 Å². The third-order valence-electron chi connectivity index (χ3n) is 3.90. The molecule has 0 heterocycles. The first-order valence-corrected chi connectivity index (χ1v) is 9.13. The molecule has 6 heteroatoms. The number of hydrogen-bond donors (Lipinski definition) is 2. The van der Waals surface area contributed by atoms with Gasteiger partial charge in [-0.3, -0.25) is 4.79 Å². The van der Waals surface area contributed by atoms with Gasteiger partial charge in [-0.1, -0.05) is 29.3 Å². The lowest BCUT2D eigenvalue weighted by Gasteiger charge is -2.21. The van der Waals surface area contributed by atoms with E-state index < -0.39 is 0 Å². The lowest BCUT2D eigenvalue weighted by Crippen LogP contribution is -2.21. The van der Waals surface area contributed by atoms with Gasteiger partial charge in [0.2, 0.25) is 5.91 Å². The second-order valence-corrected chi connectivity index (χ2v) is 6.36. The Morgan fingerprint density at radius 2 is 1.60 bits per heavy atom. The van der Waals surface area contributed by atoms with Gasteiger partial charge in [0, 0.05) is 37.4 Å². The van der Waals surface area contributed by atoms with Crippen molar-refractivity contribution in [2.45, 2.75) is 20.3 Å². The zero-order valence-corrected chi connectivity index (χ0v) is 16.0. The number of rotatable bonds is 8. The molecular weight excluding hydrogens is 357 g/mol. The fourth-order valence-corrected chi connectivity index (χ4v) is 3.07. The van der Waals surface area contributed by atoms with E-state index in [-0.39, 0.29) is 5.91 Å². The number of carbonyl (C=O) groups excluding carboxylic acids is 1. The molecule has 0 atom stereocenters. The SMILES string of the molecule is CCN(CC)c1ccc(NC(=O)CCNc2c(Cl)cccc2Cl)cc1. The maximum atomic E-state index is 12.1. The van der Waals surface area contributed by atoms with E-state index in [2.05, 4.69) is 29.4 Å². The van der Waals surface area contributed by atoms with Crippen LogP contribution in [0.2, 0.25) is 10.0 Å². The summed E-state index contributed by atoms with van der Waals surface area (Å²) in [5, 5.41) is 7.09. The molecule has 25 heavy (non-hydrogen) atoms. The van der Waals surface area contributed by atoms with E-state index in [4.69, 9.17) is 23.2 Å². The summed E-state index contributed by atoms with van der Waals surface area (Å²) in [5.41, 5.74) is 2.59. The summed E-state index contributed by atoms with van der Waals surface area (Å²) in [6, 6.07) is 13.2. The van der Waals surface area contributed by atoms with E-state index in [1.54, 1.807) is 18.2 Å². The molecule has 1 amide bonds. The smallest absolute Gasteiger partial charge is 0.226 e. The largest absolute Gasteiger partial charge is 0.382 e. The van der Waals surface area contributed by atoms with Crippen molar-refractivity contribution in [2.24, 2.45) is 0 Å². The van der Waals surface area contributed by atoms with Crippen molar-refractivity contribution < 1.29 is 4.79 Å². The number of benzene rings is 2. The number of halogens is 2. The Morgan fingerprint density at radius 1 is 1.00 bits per heavy atom. The molecule has 2 aromatic rings. The first kappa shape index (κ1) is 19.4. The van der Waals surface area contributed by atoms with E-state index in [9.17, 15) is 4.79 Å². The van der Waals surface area contributed by atoms with Gasteiger partial charge in [0.15, 0.2) is 0 Å². The van der Waals surface area contributed by atoms with Gasteiger partial charge >= 0.3 is 0 Å². The maximum absolute atomic E-state index is 12.1. The van der Waals surface area contributed by atoms with E-state index in [0.29, 0.717) is 28.7 Å². The van der Waals surface area contributed by atoms with Crippen LogP contribution in [0.25, 0.3) is 0 Å². The Hall–Kier alpha value is -1.91. The van der Waals surface area contributed by atoms with Crippen molar-refractivity contribution in [3.8, 4) is 0 Å². The van der Waals surface area contributed by atoms with Crippen LogP contribution >= 0.6 is 23.2 Å². The molecule has 0 radical (unpaired) electrons. The molecule has 2 aromatic carbocycles. The minimum absolute atomic E-state index is 0.0636. The first-order chi connectivity index (χ1) is 12.0. The van der Waals surface area contributed by atoms with Crippen LogP contribution in [0.4, 0.5) is 17.1 Å². The van der Waals surface area contributed by atoms with Crippen LogP contribution in [0.5, 0.6) is 0 Å². The molecule has 0 aliphatic heterocycles. The standard InChI is InChI=1S/C19H23Cl2N3O/c1-3-24(4-2)15-10-8-14(9-11-15)23-18(25)12-13-22-19-16(20)6-5-7-17(19)21/h5-11,22H,3-4,12-13H2,1-2H3,(H,23,25). The Morgan fingerprint density at radius 3 is 2.16 bits per heavy atom. The molecular formula is C19H23Cl2N3O. The summed E-state index contributed by atoms with van der Waals surface area (Å²) in [6.07, 6.45) is 0.319. The van der Waals surface area contributed by atoms with Gasteiger partial charge in [-0.2, -0.15) is 0 Å². The number of hydrogen-bond acceptors (Lipinski definition) is 3. The highest BCUT2D eigenvalue weighted by molar-refractivity contribution is 6.39. The van der Waals surface area contributed by atoms with Gasteiger partial charge in [0.25, 0.3) is 0 Å². The topological polar surface area (TPSA) is 44.4 Å². The normalized spacial score (nSPS) is 10.4. The minimum Gasteiger partial charge on any atom is -0.382 e.